The molecule has 0 aliphatic rings. The van der Waals surface area contributed by atoms with Crippen LogP contribution in [0.4, 0.5) is 11.4 Å². The zero-order chi connectivity index (χ0) is 19.4. The molecule has 0 saturated carbocycles. The van der Waals surface area contributed by atoms with Crippen molar-refractivity contribution in [2.24, 2.45) is 5.41 Å². The van der Waals surface area contributed by atoms with Gasteiger partial charge in [-0.25, -0.2) is 0 Å². The molecule has 0 aromatic heterocycles. The molecule has 0 heterocycles. The van der Waals surface area contributed by atoms with E-state index < -0.39 is 0 Å². The molecule has 0 unspecified atom stereocenters. The lowest BCUT2D eigenvalue weighted by Crippen LogP contribution is -2.13. The topological polar surface area (TPSA) is 3.24 Å². The highest BCUT2D eigenvalue weighted by atomic mass is 15.1. The number of rotatable bonds is 4. The van der Waals surface area contributed by atoms with E-state index in [1.54, 1.807) is 0 Å². The molecule has 0 aliphatic carbocycles. The molecule has 0 radical (unpaired) electrons. The molecule has 1 heteroatoms. The molecule has 0 atom stereocenters. The van der Waals surface area contributed by atoms with Crippen molar-refractivity contribution in [3.63, 3.8) is 0 Å². The third-order valence-corrected chi connectivity index (χ3v) is 4.43. The Morgan fingerprint density at radius 1 is 0.846 bits per heavy atom. The molecular weight excluding hydrogens is 314 g/mol. The maximum Gasteiger partial charge on any atom is 0.0455 e. The predicted octanol–water partition coefficient (Wildman–Crippen LogP) is 7.39. The first-order chi connectivity index (χ1) is 12.1. The minimum Gasteiger partial charge on any atom is -0.317 e. The second-order valence-electron chi connectivity index (χ2n) is 8.66. The summed E-state index contributed by atoms with van der Waals surface area (Å²) in [6, 6.07) is 19.2. The quantitative estimate of drug-likeness (QED) is 0.412. The summed E-state index contributed by atoms with van der Waals surface area (Å²) in [4.78, 5) is 2.20. The minimum absolute atomic E-state index is 0.0106. The Hall–Kier alpha value is -2.50. The largest absolute Gasteiger partial charge is 0.317 e. The van der Waals surface area contributed by atoms with Crippen LogP contribution in [0.15, 0.2) is 84.8 Å². The van der Waals surface area contributed by atoms with Crippen molar-refractivity contribution >= 4 is 11.4 Å². The summed E-state index contributed by atoms with van der Waals surface area (Å²) in [6.07, 6.45) is 4.22. The summed E-state index contributed by atoms with van der Waals surface area (Å²) in [6.45, 7) is 17.1. The molecule has 0 saturated heterocycles. The lowest BCUT2D eigenvalue weighted by Gasteiger charge is -2.25. The van der Waals surface area contributed by atoms with Gasteiger partial charge in [0.2, 0.25) is 0 Å². The fourth-order valence-electron chi connectivity index (χ4n) is 2.75. The van der Waals surface area contributed by atoms with Crippen LogP contribution < -0.4 is 4.90 Å². The molecule has 0 N–H and O–H groups in total. The van der Waals surface area contributed by atoms with Crippen LogP contribution in [0.25, 0.3) is 0 Å². The van der Waals surface area contributed by atoms with Gasteiger partial charge in [-0.2, -0.15) is 0 Å². The van der Waals surface area contributed by atoms with Gasteiger partial charge in [0.1, 0.15) is 0 Å². The van der Waals surface area contributed by atoms with Crippen LogP contribution >= 0.6 is 0 Å². The van der Waals surface area contributed by atoms with E-state index in [4.69, 9.17) is 0 Å². The highest BCUT2D eigenvalue weighted by Gasteiger charge is 2.16. The Kier molecular flexibility index (Phi) is 5.95. The van der Waals surface area contributed by atoms with Crippen molar-refractivity contribution in [3.8, 4) is 0 Å². The molecule has 1 nitrogen and oxygen atoms in total. The fourth-order valence-corrected chi connectivity index (χ4v) is 2.75. The van der Waals surface area contributed by atoms with Crippen molar-refractivity contribution in [2.75, 3.05) is 4.90 Å². The predicted molar refractivity (Wildman–Crippen MR) is 115 cm³/mol. The van der Waals surface area contributed by atoms with Gasteiger partial charge in [-0.3, -0.25) is 0 Å². The first-order valence-electron chi connectivity index (χ1n) is 9.16. The smallest absolute Gasteiger partial charge is 0.0455 e. The second kappa shape index (κ2) is 7.81. The third-order valence-electron chi connectivity index (χ3n) is 4.43. The van der Waals surface area contributed by atoms with Gasteiger partial charge in [0.25, 0.3) is 0 Å². The first kappa shape index (κ1) is 19.8. The zero-order valence-corrected chi connectivity index (χ0v) is 17.0. The summed E-state index contributed by atoms with van der Waals surface area (Å²) in [5, 5.41) is 0. The average molecular weight is 346 g/mol. The van der Waals surface area contributed by atoms with E-state index >= 15 is 0 Å². The fraction of sp³-hybridized carbons (Fsp3) is 0.320. The summed E-state index contributed by atoms with van der Waals surface area (Å²) in [5.74, 6) is 0. The highest BCUT2D eigenvalue weighted by molar-refractivity contribution is 5.66. The van der Waals surface area contributed by atoms with Crippen LogP contribution in [0, 0.1) is 5.41 Å². The third kappa shape index (κ3) is 5.00. The molecular formula is C25H31N. The van der Waals surface area contributed by atoms with Gasteiger partial charge in [0, 0.05) is 23.1 Å². The molecule has 2 aromatic rings. The average Bonchev–Trinajstić information content (AvgIpc) is 2.58. The van der Waals surface area contributed by atoms with Crippen molar-refractivity contribution in [3.05, 3.63) is 90.3 Å². The van der Waals surface area contributed by atoms with Gasteiger partial charge >= 0.3 is 0 Å². The number of benzene rings is 2. The van der Waals surface area contributed by atoms with Crippen LogP contribution in [0.1, 0.15) is 47.1 Å². The van der Waals surface area contributed by atoms with Crippen molar-refractivity contribution in [2.45, 2.75) is 47.0 Å². The molecule has 26 heavy (non-hydrogen) atoms. The van der Waals surface area contributed by atoms with Crippen LogP contribution in [0.5, 0.6) is 0 Å². The van der Waals surface area contributed by atoms with Crippen LogP contribution in [0.2, 0.25) is 0 Å². The van der Waals surface area contributed by atoms with E-state index in [1.165, 1.54) is 5.56 Å². The maximum absolute atomic E-state index is 3.86. The van der Waals surface area contributed by atoms with E-state index in [2.05, 4.69) is 120 Å². The van der Waals surface area contributed by atoms with Gasteiger partial charge in [0.05, 0.1) is 0 Å². The lowest BCUT2D eigenvalue weighted by atomic mass is 9.87. The van der Waals surface area contributed by atoms with E-state index in [0.29, 0.717) is 0 Å². The molecule has 0 spiro atoms. The molecule has 136 valence electrons. The number of nitrogens with zero attached hydrogens (tertiary/aromatic N) is 1. The number of hydrogen-bond acceptors (Lipinski definition) is 1. The summed E-state index contributed by atoms with van der Waals surface area (Å²) in [7, 11) is 0. The Balaban J connectivity index is 2.45. The lowest BCUT2D eigenvalue weighted by molar-refractivity contribution is 0.518. The second-order valence-corrected chi connectivity index (χ2v) is 8.66. The van der Waals surface area contributed by atoms with Crippen LogP contribution in [0.3, 0.4) is 0 Å². The Morgan fingerprint density at radius 3 is 1.85 bits per heavy atom. The Labute approximate surface area is 159 Å². The van der Waals surface area contributed by atoms with Gasteiger partial charge in [0.15, 0.2) is 0 Å². The van der Waals surface area contributed by atoms with Gasteiger partial charge in [-0.15, -0.1) is 5.73 Å². The van der Waals surface area contributed by atoms with Gasteiger partial charge < -0.3 is 4.90 Å². The van der Waals surface area contributed by atoms with Crippen molar-refractivity contribution in [1.82, 2.24) is 0 Å². The monoisotopic (exact) mass is 345 g/mol. The molecule has 2 rings (SSSR count). The number of allylic oxidation sites excluding steroid dienone is 2. The van der Waals surface area contributed by atoms with Crippen LogP contribution in [-0.4, -0.2) is 0 Å². The summed E-state index contributed by atoms with van der Waals surface area (Å²) in [5.41, 5.74) is 7.93. The standard InChI is InChI=1S/C25H31N/c1-8-20(24(2,3)4)18-19-26(22-12-10-9-11-13-22)23-16-14-21(15-17-23)25(5,6)7/h9-19H,1H2,2-7H3/b19-18-. The van der Waals surface area contributed by atoms with Crippen molar-refractivity contribution < 1.29 is 0 Å². The van der Waals surface area contributed by atoms with E-state index in [1.807, 2.05) is 6.07 Å². The first-order valence-corrected chi connectivity index (χ1v) is 9.16. The van der Waals surface area contributed by atoms with Crippen LogP contribution in [-0.2, 0) is 5.41 Å². The van der Waals surface area contributed by atoms with Gasteiger partial charge in [-0.1, -0.05) is 78.5 Å². The Morgan fingerprint density at radius 2 is 1.38 bits per heavy atom. The Bertz CT molecular complexity index is 790. The van der Waals surface area contributed by atoms with E-state index in [0.717, 1.165) is 16.9 Å². The van der Waals surface area contributed by atoms with E-state index in [-0.39, 0.29) is 10.8 Å². The van der Waals surface area contributed by atoms with E-state index in [9.17, 15) is 0 Å². The molecule has 0 bridgehead atoms. The molecule has 0 aliphatic heterocycles. The zero-order valence-electron chi connectivity index (χ0n) is 17.0. The number of para-hydroxylation sites is 1. The normalized spacial score (nSPS) is 12.1. The summed E-state index contributed by atoms with van der Waals surface area (Å²) >= 11 is 0. The van der Waals surface area contributed by atoms with Crippen molar-refractivity contribution in [1.29, 1.82) is 0 Å². The SMILES string of the molecule is C=C=C(/C=C\N(c1ccccc1)c1ccc(C(C)(C)C)cc1)C(C)(C)C. The minimum atomic E-state index is 0.0106. The maximum atomic E-state index is 3.86. The molecule has 0 fully saturated rings. The summed E-state index contributed by atoms with van der Waals surface area (Å²) < 4.78 is 0. The number of hydrogen-bond donors (Lipinski definition) is 0. The molecule has 2 aromatic carbocycles. The molecule has 0 amide bonds. The van der Waals surface area contributed by atoms with Gasteiger partial charge in [-0.05, 0) is 46.7 Å². The highest BCUT2D eigenvalue weighted by Crippen LogP contribution is 2.31. The number of anilines is 2.